The highest BCUT2D eigenvalue weighted by molar-refractivity contribution is 5.76. The predicted molar refractivity (Wildman–Crippen MR) is 38.2 cm³/mol. The maximum atomic E-state index is 12.8. The van der Waals surface area contributed by atoms with Gasteiger partial charge >= 0.3 is 5.97 Å². The zero-order valence-electron chi connectivity index (χ0n) is 7.26. The summed E-state index contributed by atoms with van der Waals surface area (Å²) in [6.07, 6.45) is -6.07. The summed E-state index contributed by atoms with van der Waals surface area (Å²) in [5.74, 6) is -1.48. The lowest BCUT2D eigenvalue weighted by Crippen LogP contribution is -2.48. The van der Waals surface area contributed by atoms with Gasteiger partial charge in [-0.15, -0.1) is 0 Å². The van der Waals surface area contributed by atoms with Gasteiger partial charge in [0.05, 0.1) is 6.61 Å². The first-order chi connectivity index (χ1) is 5.84. The van der Waals surface area contributed by atoms with Gasteiger partial charge in [-0.1, -0.05) is 0 Å². The highest BCUT2D eigenvalue weighted by Crippen LogP contribution is 2.22. The van der Waals surface area contributed by atoms with E-state index in [2.05, 4.69) is 4.74 Å². The van der Waals surface area contributed by atoms with Crippen LogP contribution in [0.15, 0.2) is 0 Å². The van der Waals surface area contributed by atoms with Crippen molar-refractivity contribution >= 4 is 5.97 Å². The summed E-state index contributed by atoms with van der Waals surface area (Å²) in [7, 11) is 0. The molecule has 0 bridgehead atoms. The van der Waals surface area contributed by atoms with Crippen molar-refractivity contribution in [1.29, 1.82) is 0 Å². The Hall–Kier alpha value is -0.780. The molecule has 0 saturated heterocycles. The fourth-order valence-electron chi connectivity index (χ4n) is 0.565. The molecule has 3 nitrogen and oxygen atoms in total. The van der Waals surface area contributed by atoms with E-state index < -0.39 is 24.2 Å². The zero-order chi connectivity index (χ0) is 10.6. The number of aliphatic hydroxyl groups is 1. The minimum absolute atomic E-state index is 0.126. The van der Waals surface area contributed by atoms with Crippen LogP contribution in [-0.2, 0) is 9.53 Å². The number of esters is 1. The van der Waals surface area contributed by atoms with Crippen LogP contribution in [0.25, 0.3) is 0 Å². The van der Waals surface area contributed by atoms with E-state index in [0.29, 0.717) is 6.92 Å². The summed E-state index contributed by atoms with van der Waals surface area (Å²) in [4.78, 5) is 10.6. The third kappa shape index (κ3) is 2.87. The van der Waals surface area contributed by atoms with Crippen LogP contribution in [0.2, 0.25) is 0 Å². The minimum Gasteiger partial charge on any atom is -0.464 e. The monoisotopic (exact) mass is 200 g/mol. The molecular weight excluding hydrogens is 189 g/mol. The highest BCUT2D eigenvalue weighted by atomic mass is 19.3. The number of rotatable bonds is 4. The van der Waals surface area contributed by atoms with Crippen LogP contribution < -0.4 is 0 Å². The first kappa shape index (κ1) is 12.2. The topological polar surface area (TPSA) is 46.5 Å². The van der Waals surface area contributed by atoms with E-state index in [1.807, 2.05) is 0 Å². The molecule has 1 N–H and O–H groups in total. The molecule has 13 heavy (non-hydrogen) atoms. The Kier molecular flexibility index (Phi) is 4.19. The van der Waals surface area contributed by atoms with Crippen LogP contribution in [0.1, 0.15) is 13.8 Å². The number of halogens is 3. The SMILES string of the molecule is CCOC(=O)C(F)C(C)(O)C(F)F. The zero-order valence-corrected chi connectivity index (χ0v) is 7.26. The number of ether oxygens (including phenoxy) is 1. The van der Waals surface area contributed by atoms with Gasteiger partial charge in [-0.25, -0.2) is 18.0 Å². The summed E-state index contributed by atoms with van der Waals surface area (Å²) in [6.45, 7) is 1.82. The van der Waals surface area contributed by atoms with Crippen molar-refractivity contribution in [2.24, 2.45) is 0 Å². The van der Waals surface area contributed by atoms with Crippen molar-refractivity contribution in [3.05, 3.63) is 0 Å². The van der Waals surface area contributed by atoms with Crippen molar-refractivity contribution in [1.82, 2.24) is 0 Å². The van der Waals surface area contributed by atoms with E-state index in [1.54, 1.807) is 0 Å². The van der Waals surface area contributed by atoms with Crippen LogP contribution in [0, 0.1) is 0 Å². The standard InChI is InChI=1S/C7H11F3O3/c1-3-13-5(11)4(8)7(2,12)6(9)10/h4,6,12H,3H2,1-2H3. The van der Waals surface area contributed by atoms with Gasteiger partial charge < -0.3 is 9.84 Å². The molecule has 0 rings (SSSR count). The Balaban J connectivity index is 4.39. The molecule has 0 aliphatic carbocycles. The maximum Gasteiger partial charge on any atom is 0.344 e. The lowest BCUT2D eigenvalue weighted by Gasteiger charge is -2.24. The van der Waals surface area contributed by atoms with Gasteiger partial charge in [-0.05, 0) is 13.8 Å². The molecule has 78 valence electrons. The van der Waals surface area contributed by atoms with Crippen molar-refractivity contribution in [3.63, 3.8) is 0 Å². The van der Waals surface area contributed by atoms with Crippen LogP contribution in [0.3, 0.4) is 0 Å². The Labute approximate surface area is 73.5 Å². The molecule has 6 heteroatoms. The third-order valence-corrected chi connectivity index (χ3v) is 1.45. The van der Waals surface area contributed by atoms with Gasteiger partial charge in [0.15, 0.2) is 5.60 Å². The van der Waals surface area contributed by atoms with Crippen LogP contribution >= 0.6 is 0 Å². The van der Waals surface area contributed by atoms with Gasteiger partial charge in [0.25, 0.3) is 6.43 Å². The van der Waals surface area contributed by atoms with E-state index in [-0.39, 0.29) is 6.61 Å². The quantitative estimate of drug-likeness (QED) is 0.686. The number of carbonyl (C=O) groups excluding carboxylic acids is 1. The molecule has 0 aromatic heterocycles. The molecule has 0 aromatic rings. The summed E-state index contributed by atoms with van der Waals surface area (Å²) >= 11 is 0. The van der Waals surface area contributed by atoms with Gasteiger partial charge in [0.1, 0.15) is 0 Å². The number of alkyl halides is 3. The first-order valence-electron chi connectivity index (χ1n) is 3.65. The summed E-state index contributed by atoms with van der Waals surface area (Å²) < 4.78 is 40.9. The van der Waals surface area contributed by atoms with Crippen molar-refractivity contribution in [3.8, 4) is 0 Å². The Morgan fingerprint density at radius 1 is 1.54 bits per heavy atom. The molecule has 2 atom stereocenters. The molecule has 0 heterocycles. The second-order valence-corrected chi connectivity index (χ2v) is 2.64. The number of carbonyl (C=O) groups is 1. The van der Waals surface area contributed by atoms with Crippen molar-refractivity contribution < 1.29 is 27.8 Å². The Morgan fingerprint density at radius 3 is 2.31 bits per heavy atom. The van der Waals surface area contributed by atoms with Gasteiger partial charge in [0, 0.05) is 0 Å². The fraction of sp³-hybridized carbons (Fsp3) is 0.857. The largest absolute Gasteiger partial charge is 0.464 e. The van der Waals surface area contributed by atoms with Crippen LogP contribution in [0.4, 0.5) is 13.2 Å². The summed E-state index contributed by atoms with van der Waals surface area (Å²) in [6, 6.07) is 0. The highest BCUT2D eigenvalue weighted by Gasteiger charge is 2.46. The normalized spacial score (nSPS) is 18.1. The van der Waals surface area contributed by atoms with E-state index in [1.165, 1.54) is 6.92 Å². The summed E-state index contributed by atoms with van der Waals surface area (Å²) in [5, 5.41) is 8.83. The predicted octanol–water partition coefficient (Wildman–Crippen LogP) is 0.904. The van der Waals surface area contributed by atoms with Crippen LogP contribution in [-0.4, -0.2) is 35.9 Å². The molecule has 2 unspecified atom stereocenters. The maximum absolute atomic E-state index is 12.8. The molecular formula is C7H11F3O3. The third-order valence-electron chi connectivity index (χ3n) is 1.45. The number of hydrogen-bond acceptors (Lipinski definition) is 3. The van der Waals surface area contributed by atoms with Crippen LogP contribution in [0.5, 0.6) is 0 Å². The molecule has 0 radical (unpaired) electrons. The second kappa shape index (κ2) is 4.45. The van der Waals surface area contributed by atoms with Gasteiger partial charge in [-0.3, -0.25) is 0 Å². The molecule has 0 spiro atoms. The molecule has 0 saturated carbocycles. The lowest BCUT2D eigenvalue weighted by molar-refractivity contribution is -0.174. The average molecular weight is 200 g/mol. The summed E-state index contributed by atoms with van der Waals surface area (Å²) in [5.41, 5.74) is -2.99. The molecule has 0 aliphatic rings. The van der Waals surface area contributed by atoms with Crippen molar-refractivity contribution in [2.45, 2.75) is 32.0 Å². The van der Waals surface area contributed by atoms with Gasteiger partial charge in [-0.2, -0.15) is 0 Å². The van der Waals surface area contributed by atoms with E-state index in [0.717, 1.165) is 0 Å². The van der Waals surface area contributed by atoms with E-state index >= 15 is 0 Å². The average Bonchev–Trinajstić information content (AvgIpc) is 2.03. The Morgan fingerprint density at radius 2 is 2.00 bits per heavy atom. The lowest BCUT2D eigenvalue weighted by atomic mass is 10.0. The minimum atomic E-state index is -3.34. The van der Waals surface area contributed by atoms with E-state index in [4.69, 9.17) is 5.11 Å². The van der Waals surface area contributed by atoms with E-state index in [9.17, 15) is 18.0 Å². The molecule has 0 fully saturated rings. The fourth-order valence-corrected chi connectivity index (χ4v) is 0.565. The molecule has 0 amide bonds. The van der Waals surface area contributed by atoms with Gasteiger partial charge in [0.2, 0.25) is 6.17 Å². The first-order valence-corrected chi connectivity index (χ1v) is 3.65. The molecule has 0 aliphatic heterocycles. The number of hydrogen-bond donors (Lipinski definition) is 1. The smallest absolute Gasteiger partial charge is 0.344 e. The second-order valence-electron chi connectivity index (χ2n) is 2.64. The molecule has 0 aromatic carbocycles. The van der Waals surface area contributed by atoms with Crippen molar-refractivity contribution in [2.75, 3.05) is 6.61 Å². The Bertz CT molecular complexity index is 182.